The van der Waals surface area contributed by atoms with Gasteiger partial charge in [0.2, 0.25) is 5.91 Å². The molecule has 0 atom stereocenters. The molecule has 0 radical (unpaired) electrons. The Bertz CT molecular complexity index is 1020. The van der Waals surface area contributed by atoms with Crippen molar-refractivity contribution >= 4 is 56.6 Å². The van der Waals surface area contributed by atoms with Crippen molar-refractivity contribution in [2.45, 2.75) is 20.3 Å². The first-order chi connectivity index (χ1) is 15.0. The average molecular weight is 498 g/mol. The van der Waals surface area contributed by atoms with Gasteiger partial charge in [0.15, 0.2) is 5.13 Å². The first-order valence-electron chi connectivity index (χ1n) is 10.3. The minimum Gasteiger partial charge on any atom is -0.497 e. The van der Waals surface area contributed by atoms with Crippen LogP contribution in [0.3, 0.4) is 0 Å². The van der Waals surface area contributed by atoms with E-state index in [0.29, 0.717) is 28.0 Å². The number of anilines is 1. The average Bonchev–Trinajstić information content (AvgIpc) is 3.23. The van der Waals surface area contributed by atoms with Crippen molar-refractivity contribution in [1.82, 2.24) is 9.88 Å². The van der Waals surface area contributed by atoms with Crippen molar-refractivity contribution in [2.24, 2.45) is 0 Å². The molecule has 0 spiro atoms. The van der Waals surface area contributed by atoms with Crippen molar-refractivity contribution in [2.75, 3.05) is 45.3 Å². The largest absolute Gasteiger partial charge is 0.497 e. The van der Waals surface area contributed by atoms with E-state index >= 15 is 0 Å². The fourth-order valence-corrected chi connectivity index (χ4v) is 4.64. The van der Waals surface area contributed by atoms with Crippen LogP contribution in [0.15, 0.2) is 36.4 Å². The maximum absolute atomic E-state index is 13.4. The molecule has 0 saturated heterocycles. The maximum atomic E-state index is 13.4. The summed E-state index contributed by atoms with van der Waals surface area (Å²) in [6, 6.07) is 11.2. The van der Waals surface area contributed by atoms with Gasteiger partial charge in [0, 0.05) is 13.1 Å². The highest BCUT2D eigenvalue weighted by Crippen LogP contribution is 2.38. The van der Waals surface area contributed by atoms with E-state index in [4.69, 9.17) is 26.1 Å². The molecule has 3 aromatic rings. The number of carbonyl (C=O) groups is 1. The summed E-state index contributed by atoms with van der Waals surface area (Å²) in [6.07, 6.45) is 0.281. The summed E-state index contributed by atoms with van der Waals surface area (Å²) in [5.41, 5.74) is 1.61. The Morgan fingerprint density at radius 2 is 1.72 bits per heavy atom. The summed E-state index contributed by atoms with van der Waals surface area (Å²) in [7, 11) is 3.23. The molecule has 0 bridgehead atoms. The zero-order chi connectivity index (χ0) is 22.4. The summed E-state index contributed by atoms with van der Waals surface area (Å²) in [4.78, 5) is 22.1. The molecule has 0 N–H and O–H groups in total. The minimum absolute atomic E-state index is 0. The molecule has 6 nitrogen and oxygen atoms in total. The number of rotatable bonds is 10. The second-order valence-electron chi connectivity index (χ2n) is 7.02. The molecule has 0 saturated carbocycles. The van der Waals surface area contributed by atoms with Gasteiger partial charge in [0.05, 0.1) is 30.4 Å². The Labute approximate surface area is 204 Å². The number of thiazole rings is 1. The van der Waals surface area contributed by atoms with Crippen molar-refractivity contribution < 1.29 is 14.3 Å². The number of methoxy groups -OCH3 is 2. The zero-order valence-electron chi connectivity index (χ0n) is 18.8. The SMILES string of the molecule is CCN(CC)CCN(C(=O)Cc1ccc(OC)cc1)c1nc2c(OC)ccc(Cl)c2s1.Cl. The normalized spacial score (nSPS) is 10.8. The van der Waals surface area contributed by atoms with Gasteiger partial charge < -0.3 is 14.4 Å². The monoisotopic (exact) mass is 497 g/mol. The van der Waals surface area contributed by atoms with Gasteiger partial charge in [-0.3, -0.25) is 9.69 Å². The van der Waals surface area contributed by atoms with Gasteiger partial charge in [-0.15, -0.1) is 12.4 Å². The molecule has 0 aliphatic rings. The third-order valence-electron chi connectivity index (χ3n) is 5.25. The second-order valence-corrected chi connectivity index (χ2v) is 8.41. The van der Waals surface area contributed by atoms with Gasteiger partial charge in [-0.1, -0.05) is 48.9 Å². The van der Waals surface area contributed by atoms with Gasteiger partial charge in [-0.05, 0) is 42.9 Å². The molecule has 32 heavy (non-hydrogen) atoms. The first-order valence-corrected chi connectivity index (χ1v) is 11.5. The van der Waals surface area contributed by atoms with Gasteiger partial charge in [0.25, 0.3) is 0 Å². The molecule has 1 heterocycles. The number of fused-ring (bicyclic) bond motifs is 1. The van der Waals surface area contributed by atoms with Crippen LogP contribution in [0.4, 0.5) is 5.13 Å². The van der Waals surface area contributed by atoms with Gasteiger partial charge in [0.1, 0.15) is 17.0 Å². The second kappa shape index (κ2) is 12.3. The highest BCUT2D eigenvalue weighted by Gasteiger charge is 2.22. The Morgan fingerprint density at radius 1 is 1.03 bits per heavy atom. The molecular formula is C23H29Cl2N3O3S. The quantitative estimate of drug-likeness (QED) is 0.380. The number of ether oxygens (including phenoxy) is 2. The summed E-state index contributed by atoms with van der Waals surface area (Å²) in [5, 5.41) is 1.23. The van der Waals surface area contributed by atoms with Crippen LogP contribution >= 0.6 is 35.3 Å². The van der Waals surface area contributed by atoms with Gasteiger partial charge in [-0.25, -0.2) is 4.98 Å². The Morgan fingerprint density at radius 3 is 2.31 bits per heavy atom. The van der Waals surface area contributed by atoms with Crippen molar-refractivity contribution in [3.05, 3.63) is 47.0 Å². The lowest BCUT2D eigenvalue weighted by Gasteiger charge is -2.24. The molecule has 0 aliphatic heterocycles. The summed E-state index contributed by atoms with van der Waals surface area (Å²) in [5.74, 6) is 1.40. The Kier molecular flexibility index (Phi) is 10.0. The number of benzene rings is 2. The van der Waals surface area contributed by atoms with Crippen LogP contribution < -0.4 is 14.4 Å². The number of amides is 1. The van der Waals surface area contributed by atoms with Crippen LogP contribution in [0.1, 0.15) is 19.4 Å². The maximum Gasteiger partial charge on any atom is 0.233 e. The molecule has 0 unspecified atom stereocenters. The highest BCUT2D eigenvalue weighted by atomic mass is 35.5. The van der Waals surface area contributed by atoms with E-state index in [9.17, 15) is 4.79 Å². The van der Waals surface area contributed by atoms with E-state index in [1.54, 1.807) is 31.3 Å². The fraction of sp³-hybridized carbons (Fsp3) is 0.391. The lowest BCUT2D eigenvalue weighted by atomic mass is 10.1. The predicted octanol–water partition coefficient (Wildman–Crippen LogP) is 5.31. The van der Waals surface area contributed by atoms with E-state index in [0.717, 1.165) is 35.6 Å². The number of likely N-dealkylation sites (N-methyl/N-ethyl adjacent to an activating group) is 1. The van der Waals surface area contributed by atoms with Crippen LogP contribution in [0.25, 0.3) is 10.2 Å². The molecule has 174 valence electrons. The topological polar surface area (TPSA) is 54.9 Å². The van der Waals surface area contributed by atoms with E-state index in [2.05, 4.69) is 18.7 Å². The van der Waals surface area contributed by atoms with Crippen LogP contribution in [0, 0.1) is 0 Å². The molecular weight excluding hydrogens is 469 g/mol. The molecule has 0 aliphatic carbocycles. The molecule has 9 heteroatoms. The summed E-state index contributed by atoms with van der Waals surface area (Å²) >= 11 is 7.82. The van der Waals surface area contributed by atoms with Gasteiger partial charge in [-0.2, -0.15) is 0 Å². The van der Waals surface area contributed by atoms with Crippen molar-refractivity contribution in [3.63, 3.8) is 0 Å². The van der Waals surface area contributed by atoms with Crippen LogP contribution in [-0.2, 0) is 11.2 Å². The van der Waals surface area contributed by atoms with Crippen molar-refractivity contribution in [3.8, 4) is 11.5 Å². The highest BCUT2D eigenvalue weighted by molar-refractivity contribution is 7.23. The standard InChI is InChI=1S/C23H28ClN3O3S.ClH/c1-5-26(6-2)13-14-27(20(28)15-16-7-9-17(29-3)10-8-16)23-25-21-19(30-4)12-11-18(24)22(21)31-23;/h7-12H,5-6,13-15H2,1-4H3;1H. The Balaban J connectivity index is 0.00000363. The van der Waals surface area contributed by atoms with Crippen molar-refractivity contribution in [1.29, 1.82) is 0 Å². The van der Waals surface area contributed by atoms with E-state index < -0.39 is 0 Å². The predicted molar refractivity (Wildman–Crippen MR) is 135 cm³/mol. The number of halogens is 2. The fourth-order valence-electron chi connectivity index (χ4n) is 3.34. The summed E-state index contributed by atoms with van der Waals surface area (Å²) < 4.78 is 11.5. The number of carbonyl (C=O) groups excluding carboxylic acids is 1. The third kappa shape index (κ3) is 6.04. The molecule has 1 aromatic heterocycles. The molecule has 1 amide bonds. The number of hydrogen-bond donors (Lipinski definition) is 0. The minimum atomic E-state index is -0.00790. The third-order valence-corrected chi connectivity index (χ3v) is 6.79. The van der Waals surface area contributed by atoms with Crippen LogP contribution in [0.5, 0.6) is 11.5 Å². The lowest BCUT2D eigenvalue weighted by Crippen LogP contribution is -2.39. The van der Waals surface area contributed by atoms with Crippen LogP contribution in [0.2, 0.25) is 5.02 Å². The Hall–Kier alpha value is -2.06. The first kappa shape index (κ1) is 26.2. The van der Waals surface area contributed by atoms with E-state index in [1.807, 2.05) is 24.3 Å². The summed E-state index contributed by atoms with van der Waals surface area (Å²) in [6.45, 7) is 7.41. The van der Waals surface area contributed by atoms with E-state index in [-0.39, 0.29) is 24.7 Å². The number of hydrogen-bond acceptors (Lipinski definition) is 6. The molecule has 2 aromatic carbocycles. The molecule has 0 fully saturated rings. The van der Waals surface area contributed by atoms with Crippen LogP contribution in [-0.4, -0.2) is 56.2 Å². The van der Waals surface area contributed by atoms with E-state index in [1.165, 1.54) is 11.3 Å². The lowest BCUT2D eigenvalue weighted by molar-refractivity contribution is -0.118. The number of nitrogens with zero attached hydrogens (tertiary/aromatic N) is 3. The smallest absolute Gasteiger partial charge is 0.233 e. The zero-order valence-corrected chi connectivity index (χ0v) is 21.1. The number of aromatic nitrogens is 1. The van der Waals surface area contributed by atoms with Gasteiger partial charge >= 0.3 is 0 Å². The molecule has 3 rings (SSSR count).